The zero-order valence-electron chi connectivity index (χ0n) is 15.3. The van der Waals surface area contributed by atoms with E-state index in [0.717, 1.165) is 31.6 Å². The Morgan fingerprint density at radius 3 is 2.43 bits per heavy atom. The van der Waals surface area contributed by atoms with Crippen LogP contribution < -0.4 is 5.32 Å². The highest BCUT2D eigenvalue weighted by Crippen LogP contribution is 2.25. The second kappa shape index (κ2) is 10.4. The van der Waals surface area contributed by atoms with Crippen LogP contribution in [0.3, 0.4) is 0 Å². The Labute approximate surface area is 181 Å². The van der Waals surface area contributed by atoms with Crippen LogP contribution in [0.4, 0.5) is 5.69 Å². The molecule has 2 aromatic carbocycles. The molecule has 6 heteroatoms. The van der Waals surface area contributed by atoms with Gasteiger partial charge in [0.15, 0.2) is 5.11 Å². The van der Waals surface area contributed by atoms with E-state index in [-0.39, 0.29) is 0 Å². The van der Waals surface area contributed by atoms with E-state index >= 15 is 0 Å². The van der Waals surface area contributed by atoms with Gasteiger partial charge in [-0.2, -0.15) is 0 Å². The van der Waals surface area contributed by atoms with Crippen LogP contribution in [0.25, 0.3) is 0 Å². The van der Waals surface area contributed by atoms with E-state index in [1.807, 2.05) is 30.5 Å². The molecular formula is C22H21Cl2N3S. The van der Waals surface area contributed by atoms with Gasteiger partial charge < -0.3 is 10.2 Å². The Morgan fingerprint density at radius 1 is 0.929 bits per heavy atom. The lowest BCUT2D eigenvalue weighted by molar-refractivity contribution is 0.430. The number of aromatic nitrogens is 1. The van der Waals surface area contributed by atoms with Gasteiger partial charge in [-0.3, -0.25) is 4.98 Å². The summed E-state index contributed by atoms with van der Waals surface area (Å²) in [6, 6.07) is 21.6. The van der Waals surface area contributed by atoms with Crippen LogP contribution in [-0.4, -0.2) is 28.1 Å². The first-order valence-electron chi connectivity index (χ1n) is 9.06. The van der Waals surface area contributed by atoms with E-state index in [0.29, 0.717) is 20.8 Å². The molecule has 0 radical (unpaired) electrons. The minimum atomic E-state index is 0.583. The molecule has 0 atom stereocenters. The smallest absolute Gasteiger partial charge is 0.173 e. The zero-order chi connectivity index (χ0) is 19.8. The van der Waals surface area contributed by atoms with Crippen molar-refractivity contribution in [3.8, 4) is 0 Å². The number of hydrogen-bond acceptors (Lipinski definition) is 2. The molecule has 0 aliphatic rings. The first-order valence-corrected chi connectivity index (χ1v) is 10.2. The molecule has 1 aromatic heterocycles. The van der Waals surface area contributed by atoms with Crippen molar-refractivity contribution in [3.63, 3.8) is 0 Å². The Hall–Kier alpha value is -2.14. The summed E-state index contributed by atoms with van der Waals surface area (Å²) in [6.07, 6.45) is 3.51. The highest BCUT2D eigenvalue weighted by Gasteiger charge is 2.12. The van der Waals surface area contributed by atoms with Crippen LogP contribution in [0.15, 0.2) is 72.9 Å². The van der Waals surface area contributed by atoms with E-state index in [1.54, 1.807) is 18.2 Å². The molecule has 0 spiro atoms. The van der Waals surface area contributed by atoms with Gasteiger partial charge in [-0.1, -0.05) is 59.6 Å². The summed E-state index contributed by atoms with van der Waals surface area (Å²) in [7, 11) is 0. The molecule has 0 saturated carbocycles. The first kappa shape index (κ1) is 20.6. The van der Waals surface area contributed by atoms with Crippen molar-refractivity contribution < 1.29 is 0 Å². The predicted molar refractivity (Wildman–Crippen MR) is 122 cm³/mol. The maximum atomic E-state index is 6.28. The summed E-state index contributed by atoms with van der Waals surface area (Å²) >= 11 is 18.1. The molecule has 0 aliphatic heterocycles. The van der Waals surface area contributed by atoms with Gasteiger partial charge >= 0.3 is 0 Å². The number of anilines is 1. The maximum Gasteiger partial charge on any atom is 0.173 e. The lowest BCUT2D eigenvalue weighted by atomic mass is 10.1. The largest absolute Gasteiger partial charge is 0.348 e. The Kier molecular flexibility index (Phi) is 7.66. The molecule has 1 N–H and O–H groups in total. The Balaban J connectivity index is 1.69. The summed E-state index contributed by atoms with van der Waals surface area (Å²) in [5, 5.41) is 5.06. The average molecular weight is 430 g/mol. The van der Waals surface area contributed by atoms with Crippen LogP contribution in [0.1, 0.15) is 11.3 Å². The number of thiocarbonyl (C=S) groups is 1. The second-order valence-electron chi connectivity index (χ2n) is 6.35. The number of halogens is 2. The van der Waals surface area contributed by atoms with Gasteiger partial charge in [0.05, 0.1) is 10.7 Å². The van der Waals surface area contributed by atoms with Crippen LogP contribution in [0.2, 0.25) is 10.0 Å². The number of pyridine rings is 1. The van der Waals surface area contributed by atoms with Gasteiger partial charge in [-0.15, -0.1) is 0 Å². The molecule has 28 heavy (non-hydrogen) atoms. The summed E-state index contributed by atoms with van der Waals surface area (Å²) < 4.78 is 0. The fourth-order valence-corrected chi connectivity index (χ4v) is 3.44. The fourth-order valence-electron chi connectivity index (χ4n) is 2.81. The molecule has 3 nitrogen and oxygen atoms in total. The lowest BCUT2D eigenvalue weighted by Crippen LogP contribution is -2.38. The van der Waals surface area contributed by atoms with Crippen LogP contribution in [-0.2, 0) is 12.8 Å². The highest BCUT2D eigenvalue weighted by molar-refractivity contribution is 7.80. The molecule has 0 fully saturated rings. The highest BCUT2D eigenvalue weighted by atomic mass is 35.5. The molecule has 0 saturated heterocycles. The van der Waals surface area contributed by atoms with Crippen LogP contribution in [0, 0.1) is 0 Å². The fraction of sp³-hybridized carbons (Fsp3) is 0.182. The molecule has 0 unspecified atom stereocenters. The van der Waals surface area contributed by atoms with Crippen molar-refractivity contribution in [1.29, 1.82) is 0 Å². The van der Waals surface area contributed by atoms with E-state index in [4.69, 9.17) is 35.4 Å². The number of nitrogens with zero attached hydrogens (tertiary/aromatic N) is 2. The van der Waals surface area contributed by atoms with Crippen molar-refractivity contribution in [2.45, 2.75) is 12.8 Å². The quantitative estimate of drug-likeness (QED) is 0.475. The van der Waals surface area contributed by atoms with Gasteiger partial charge in [0, 0.05) is 36.4 Å². The van der Waals surface area contributed by atoms with Crippen molar-refractivity contribution >= 4 is 46.2 Å². The van der Waals surface area contributed by atoms with E-state index in [9.17, 15) is 0 Å². The molecule has 144 valence electrons. The van der Waals surface area contributed by atoms with E-state index in [1.165, 1.54) is 5.56 Å². The lowest BCUT2D eigenvalue weighted by Gasteiger charge is -2.26. The standard InChI is InChI=1S/C22H21Cl2N3S/c23-18-9-10-20(24)21(16-18)26-22(28)27(14-11-17-6-2-1-3-7-17)15-12-19-8-4-5-13-25-19/h1-10,13,16H,11-12,14-15H2,(H,26,28). The first-order chi connectivity index (χ1) is 13.6. The van der Waals surface area contributed by atoms with Gasteiger partial charge in [0.2, 0.25) is 0 Å². The molecule has 3 rings (SSSR count). The van der Waals surface area contributed by atoms with Gasteiger partial charge in [-0.25, -0.2) is 0 Å². The van der Waals surface area contributed by atoms with Crippen molar-refractivity contribution in [1.82, 2.24) is 9.88 Å². The van der Waals surface area contributed by atoms with Gasteiger partial charge in [0.1, 0.15) is 0 Å². The molecule has 0 bridgehead atoms. The molecule has 0 aliphatic carbocycles. The number of rotatable bonds is 7. The molecule has 3 aromatic rings. The minimum absolute atomic E-state index is 0.583. The minimum Gasteiger partial charge on any atom is -0.348 e. The van der Waals surface area contributed by atoms with Gasteiger partial charge in [-0.05, 0) is 54.5 Å². The van der Waals surface area contributed by atoms with Crippen LogP contribution in [0.5, 0.6) is 0 Å². The number of benzene rings is 2. The van der Waals surface area contributed by atoms with Gasteiger partial charge in [0.25, 0.3) is 0 Å². The third-order valence-electron chi connectivity index (χ3n) is 4.33. The Morgan fingerprint density at radius 2 is 1.68 bits per heavy atom. The van der Waals surface area contributed by atoms with Crippen molar-refractivity contribution in [2.24, 2.45) is 0 Å². The third kappa shape index (κ3) is 6.20. The summed E-state index contributed by atoms with van der Waals surface area (Å²) in [5.41, 5.74) is 3.02. The average Bonchev–Trinajstić information content (AvgIpc) is 2.72. The van der Waals surface area contributed by atoms with E-state index in [2.05, 4.69) is 39.5 Å². The number of nitrogens with one attached hydrogen (secondary N) is 1. The summed E-state index contributed by atoms with van der Waals surface area (Å²) in [4.78, 5) is 6.56. The van der Waals surface area contributed by atoms with E-state index < -0.39 is 0 Å². The molecular weight excluding hydrogens is 409 g/mol. The monoisotopic (exact) mass is 429 g/mol. The van der Waals surface area contributed by atoms with Crippen molar-refractivity contribution in [2.75, 3.05) is 18.4 Å². The third-order valence-corrected chi connectivity index (χ3v) is 5.26. The zero-order valence-corrected chi connectivity index (χ0v) is 17.6. The number of hydrogen-bond donors (Lipinski definition) is 1. The topological polar surface area (TPSA) is 28.2 Å². The molecule has 1 heterocycles. The Bertz CT molecular complexity index is 861. The summed E-state index contributed by atoms with van der Waals surface area (Å²) in [5.74, 6) is 0. The predicted octanol–water partition coefficient (Wildman–Crippen LogP) is 5.87. The molecule has 0 amide bonds. The van der Waals surface area contributed by atoms with Crippen molar-refractivity contribution in [3.05, 3.63) is 94.2 Å². The van der Waals surface area contributed by atoms with Crippen LogP contribution >= 0.6 is 35.4 Å². The maximum absolute atomic E-state index is 6.28. The normalized spacial score (nSPS) is 10.5. The second-order valence-corrected chi connectivity index (χ2v) is 7.58. The summed E-state index contributed by atoms with van der Waals surface area (Å²) in [6.45, 7) is 1.55. The SMILES string of the molecule is S=C(Nc1cc(Cl)ccc1Cl)N(CCc1ccccc1)CCc1ccccn1.